The van der Waals surface area contributed by atoms with Crippen molar-refractivity contribution in [3.8, 4) is 0 Å². The topological polar surface area (TPSA) is 17.1 Å². The van der Waals surface area contributed by atoms with Gasteiger partial charge in [0, 0.05) is 16.7 Å². The predicted octanol–water partition coefficient (Wildman–Crippen LogP) is 2.95. The minimum Gasteiger partial charge on any atom is -0.298 e. The molecule has 0 aromatic heterocycles. The number of Topliss-reactive ketones (excluding diaryl/α,β-unsaturated/α-hetero) is 1. The van der Waals surface area contributed by atoms with E-state index in [1.807, 2.05) is 0 Å². The molecule has 1 aromatic rings. The Balaban J connectivity index is 2.16. The van der Waals surface area contributed by atoms with Crippen LogP contribution in [0.1, 0.15) is 5.56 Å². The second-order valence-corrected chi connectivity index (χ2v) is 5.08. The number of ketones is 1. The quantitative estimate of drug-likeness (QED) is 0.796. The molecule has 80 valence electrons. The van der Waals surface area contributed by atoms with Crippen molar-refractivity contribution in [1.29, 1.82) is 0 Å². The van der Waals surface area contributed by atoms with Gasteiger partial charge in [-0.3, -0.25) is 4.79 Å². The summed E-state index contributed by atoms with van der Waals surface area (Å²) in [5, 5.41) is 0.518. The van der Waals surface area contributed by atoms with Gasteiger partial charge in [0.25, 0.3) is 0 Å². The highest BCUT2D eigenvalue weighted by Gasteiger charge is 2.25. The number of hydrogen-bond acceptors (Lipinski definition) is 2. The van der Waals surface area contributed by atoms with Gasteiger partial charge in [-0.2, -0.15) is 11.8 Å². The molecule has 1 unspecified atom stereocenters. The Kier molecular flexibility index (Phi) is 3.32. The molecule has 1 atom stereocenters. The van der Waals surface area contributed by atoms with Crippen LogP contribution in [0.3, 0.4) is 0 Å². The van der Waals surface area contributed by atoms with Gasteiger partial charge in [-0.1, -0.05) is 11.6 Å². The van der Waals surface area contributed by atoms with Crippen molar-refractivity contribution in [2.75, 3.05) is 11.5 Å². The molecule has 1 nitrogen and oxygen atoms in total. The normalized spacial score (nSPS) is 20.9. The summed E-state index contributed by atoms with van der Waals surface area (Å²) in [4.78, 5) is 11.4. The standard InChI is InChI=1S/C11H10ClFOS/c12-9-1-2-10(13)7(4-9)3-8-5-15-6-11(8)14/h1-2,4,8H,3,5-6H2. The molecule has 2 rings (SSSR count). The Bertz CT molecular complexity index is 394. The van der Waals surface area contributed by atoms with Gasteiger partial charge >= 0.3 is 0 Å². The molecule has 0 bridgehead atoms. The highest BCUT2D eigenvalue weighted by molar-refractivity contribution is 8.00. The van der Waals surface area contributed by atoms with Crippen LogP contribution in [0.15, 0.2) is 18.2 Å². The first-order valence-electron chi connectivity index (χ1n) is 4.71. The lowest BCUT2D eigenvalue weighted by atomic mass is 9.98. The molecule has 0 spiro atoms. The highest BCUT2D eigenvalue weighted by Crippen LogP contribution is 2.26. The molecule has 4 heteroatoms. The minimum absolute atomic E-state index is 0.0389. The average Bonchev–Trinajstić information content (AvgIpc) is 2.58. The van der Waals surface area contributed by atoms with Crippen molar-refractivity contribution >= 4 is 29.1 Å². The van der Waals surface area contributed by atoms with E-state index in [9.17, 15) is 9.18 Å². The summed E-state index contributed by atoms with van der Waals surface area (Å²) in [5.41, 5.74) is 0.545. The van der Waals surface area contributed by atoms with Gasteiger partial charge < -0.3 is 0 Å². The summed E-state index contributed by atoms with van der Waals surface area (Å²) in [6.45, 7) is 0. The SMILES string of the molecule is O=C1CSCC1Cc1cc(Cl)ccc1F. The summed E-state index contributed by atoms with van der Waals surface area (Å²) in [7, 11) is 0. The van der Waals surface area contributed by atoms with E-state index in [-0.39, 0.29) is 17.5 Å². The van der Waals surface area contributed by atoms with Gasteiger partial charge in [0.05, 0.1) is 5.75 Å². The van der Waals surface area contributed by atoms with Crippen LogP contribution in [0.4, 0.5) is 4.39 Å². The molecule has 0 radical (unpaired) electrons. The maximum Gasteiger partial charge on any atom is 0.146 e. The fraction of sp³-hybridized carbons (Fsp3) is 0.364. The van der Waals surface area contributed by atoms with Crippen LogP contribution in [0.25, 0.3) is 0 Å². The van der Waals surface area contributed by atoms with E-state index in [1.54, 1.807) is 17.8 Å². The highest BCUT2D eigenvalue weighted by atomic mass is 35.5. The molecule has 1 heterocycles. The number of hydrogen-bond donors (Lipinski definition) is 0. The Morgan fingerprint density at radius 1 is 1.53 bits per heavy atom. The first kappa shape index (κ1) is 11.0. The zero-order valence-electron chi connectivity index (χ0n) is 8.00. The van der Waals surface area contributed by atoms with Crippen molar-refractivity contribution < 1.29 is 9.18 Å². The molecule has 1 fully saturated rings. The van der Waals surface area contributed by atoms with Crippen molar-refractivity contribution in [2.24, 2.45) is 5.92 Å². The van der Waals surface area contributed by atoms with Crippen LogP contribution in [0.2, 0.25) is 5.02 Å². The van der Waals surface area contributed by atoms with Crippen molar-refractivity contribution in [3.63, 3.8) is 0 Å². The van der Waals surface area contributed by atoms with Gasteiger partial charge in [-0.05, 0) is 30.2 Å². The third kappa shape index (κ3) is 2.52. The molecule has 0 amide bonds. The fourth-order valence-corrected chi connectivity index (χ4v) is 2.99. The van der Waals surface area contributed by atoms with E-state index in [2.05, 4.69) is 0 Å². The van der Waals surface area contributed by atoms with Gasteiger partial charge in [0.15, 0.2) is 0 Å². The van der Waals surface area contributed by atoms with E-state index < -0.39 is 0 Å². The minimum atomic E-state index is -0.274. The largest absolute Gasteiger partial charge is 0.298 e. The Hall–Kier alpha value is -0.540. The van der Waals surface area contributed by atoms with E-state index in [1.165, 1.54) is 12.1 Å². The smallest absolute Gasteiger partial charge is 0.146 e. The number of benzene rings is 1. The van der Waals surface area contributed by atoms with E-state index in [0.29, 0.717) is 22.8 Å². The van der Waals surface area contributed by atoms with Gasteiger partial charge in [0.1, 0.15) is 11.6 Å². The molecular weight excluding hydrogens is 235 g/mol. The molecule has 1 aliphatic rings. The average molecular weight is 245 g/mol. The monoisotopic (exact) mass is 244 g/mol. The molecule has 0 aliphatic carbocycles. The summed E-state index contributed by atoms with van der Waals surface area (Å²) in [5.74, 6) is 1.27. The first-order valence-corrected chi connectivity index (χ1v) is 6.24. The van der Waals surface area contributed by atoms with Crippen LogP contribution in [0.5, 0.6) is 0 Å². The Morgan fingerprint density at radius 2 is 2.33 bits per heavy atom. The maximum absolute atomic E-state index is 13.4. The predicted molar refractivity (Wildman–Crippen MR) is 60.9 cm³/mol. The summed E-state index contributed by atoms with van der Waals surface area (Å²) in [6.07, 6.45) is 0.470. The molecule has 0 N–H and O–H groups in total. The number of carbonyl (C=O) groups is 1. The van der Waals surface area contributed by atoms with Crippen molar-refractivity contribution in [2.45, 2.75) is 6.42 Å². The zero-order valence-corrected chi connectivity index (χ0v) is 9.58. The summed E-state index contributed by atoms with van der Waals surface area (Å²) >= 11 is 7.40. The lowest BCUT2D eigenvalue weighted by Gasteiger charge is -2.08. The first-order chi connectivity index (χ1) is 7.16. The van der Waals surface area contributed by atoms with Gasteiger partial charge in [-0.15, -0.1) is 0 Å². The van der Waals surface area contributed by atoms with E-state index in [4.69, 9.17) is 11.6 Å². The lowest BCUT2D eigenvalue weighted by Crippen LogP contribution is -2.14. The van der Waals surface area contributed by atoms with E-state index in [0.717, 1.165) is 5.75 Å². The van der Waals surface area contributed by atoms with Gasteiger partial charge in [0.2, 0.25) is 0 Å². The third-order valence-corrected chi connectivity index (χ3v) is 3.85. The summed E-state index contributed by atoms with van der Waals surface area (Å²) in [6, 6.07) is 4.48. The number of rotatable bonds is 2. The molecule has 15 heavy (non-hydrogen) atoms. The number of halogens is 2. The third-order valence-electron chi connectivity index (χ3n) is 2.49. The second-order valence-electron chi connectivity index (χ2n) is 3.62. The van der Waals surface area contributed by atoms with Gasteiger partial charge in [-0.25, -0.2) is 4.39 Å². The Morgan fingerprint density at radius 3 is 3.00 bits per heavy atom. The number of thioether (sulfide) groups is 1. The van der Waals surface area contributed by atoms with Crippen molar-refractivity contribution in [3.05, 3.63) is 34.6 Å². The molecule has 1 saturated heterocycles. The second kappa shape index (κ2) is 4.54. The van der Waals surface area contributed by atoms with Crippen LogP contribution in [0, 0.1) is 11.7 Å². The van der Waals surface area contributed by atoms with E-state index >= 15 is 0 Å². The molecule has 1 aliphatic heterocycles. The Labute approximate surface area is 97.0 Å². The summed E-state index contributed by atoms with van der Waals surface area (Å²) < 4.78 is 13.4. The molecule has 1 aromatic carbocycles. The van der Waals surface area contributed by atoms with Crippen LogP contribution >= 0.6 is 23.4 Å². The van der Waals surface area contributed by atoms with Crippen molar-refractivity contribution in [1.82, 2.24) is 0 Å². The zero-order chi connectivity index (χ0) is 10.8. The maximum atomic E-state index is 13.4. The molecule has 0 saturated carbocycles. The molecular formula is C11H10ClFOS. The van der Waals surface area contributed by atoms with Crippen LogP contribution in [-0.4, -0.2) is 17.3 Å². The lowest BCUT2D eigenvalue weighted by molar-refractivity contribution is -0.119. The fourth-order valence-electron chi connectivity index (χ4n) is 1.65. The van der Waals surface area contributed by atoms with Crippen LogP contribution in [-0.2, 0) is 11.2 Å². The number of carbonyl (C=O) groups excluding carboxylic acids is 1. The van der Waals surface area contributed by atoms with Crippen LogP contribution < -0.4 is 0 Å².